The fourth-order valence-electron chi connectivity index (χ4n) is 2.43. The Kier molecular flexibility index (Phi) is 6.17. The molecule has 0 bridgehead atoms. The van der Waals surface area contributed by atoms with E-state index in [0.717, 1.165) is 22.0 Å². The van der Waals surface area contributed by atoms with E-state index in [1.165, 1.54) is 0 Å². The summed E-state index contributed by atoms with van der Waals surface area (Å²) in [5, 5.41) is 23.1. The summed E-state index contributed by atoms with van der Waals surface area (Å²) in [5.41, 5.74) is 2.51. The van der Waals surface area contributed by atoms with Crippen molar-refractivity contribution in [2.24, 2.45) is 0 Å². The van der Waals surface area contributed by atoms with Crippen molar-refractivity contribution in [3.05, 3.63) is 71.4 Å². The van der Waals surface area contributed by atoms with Gasteiger partial charge >= 0.3 is 0 Å². The first kappa shape index (κ1) is 18.1. The van der Waals surface area contributed by atoms with Crippen LogP contribution in [0.1, 0.15) is 5.56 Å². The zero-order valence-electron chi connectivity index (χ0n) is 14.3. The lowest BCUT2D eigenvalue weighted by Crippen LogP contribution is -2.10. The van der Waals surface area contributed by atoms with E-state index in [2.05, 4.69) is 16.2 Å². The Morgan fingerprint density at radius 1 is 1.28 bits per heavy atom. The van der Waals surface area contributed by atoms with Gasteiger partial charge in [0.25, 0.3) is 5.70 Å². The molecule has 0 unspecified atom stereocenters. The van der Waals surface area contributed by atoms with E-state index in [1.807, 2.05) is 55.4 Å². The van der Waals surface area contributed by atoms with Crippen LogP contribution in [0.15, 0.2) is 54.4 Å². The van der Waals surface area contributed by atoms with Gasteiger partial charge in [0.2, 0.25) is 0 Å². The topological polar surface area (TPSA) is 63.6 Å². The molecule has 5 nitrogen and oxygen atoms in total. The van der Waals surface area contributed by atoms with Gasteiger partial charge in [0.15, 0.2) is 0 Å². The number of aliphatic hydroxyl groups excluding tert-OH is 1. The van der Waals surface area contributed by atoms with Crippen LogP contribution in [0, 0.1) is 17.9 Å². The number of nitrogens with one attached hydrogen (secondary N) is 1. The van der Waals surface area contributed by atoms with Crippen molar-refractivity contribution in [2.45, 2.75) is 0 Å². The quantitative estimate of drug-likeness (QED) is 0.369. The standard InChI is InChI=1S/C20H20N4O/c1-22-20(14-21)19(8-9-23-10-11-25)17-5-4-16-13-18(24(2)3)7-6-15(16)12-17/h4-9,12-13,23,25H,10-11H2,2-3H3/b9-8-,20-19-. The minimum atomic E-state index is 0.0154. The molecule has 0 amide bonds. The van der Waals surface area contributed by atoms with Crippen LogP contribution in [0.5, 0.6) is 0 Å². The number of hydrogen-bond acceptors (Lipinski definition) is 4. The molecule has 0 aliphatic heterocycles. The van der Waals surface area contributed by atoms with Gasteiger partial charge < -0.3 is 15.3 Å². The van der Waals surface area contributed by atoms with Gasteiger partial charge in [-0.3, -0.25) is 0 Å². The van der Waals surface area contributed by atoms with Gasteiger partial charge in [-0.1, -0.05) is 18.2 Å². The summed E-state index contributed by atoms with van der Waals surface area (Å²) in [4.78, 5) is 5.38. The molecule has 0 aliphatic rings. The molecule has 126 valence electrons. The van der Waals surface area contributed by atoms with Gasteiger partial charge in [-0.2, -0.15) is 0 Å². The molecule has 5 heteroatoms. The van der Waals surface area contributed by atoms with Crippen LogP contribution in [0.4, 0.5) is 5.69 Å². The molecule has 0 saturated carbocycles. The molecule has 25 heavy (non-hydrogen) atoms. The monoisotopic (exact) mass is 332 g/mol. The lowest BCUT2D eigenvalue weighted by molar-refractivity contribution is 0.298. The Morgan fingerprint density at radius 3 is 2.64 bits per heavy atom. The first-order valence-electron chi connectivity index (χ1n) is 7.85. The van der Waals surface area contributed by atoms with Gasteiger partial charge in [-0.15, -0.1) is 0 Å². The average molecular weight is 332 g/mol. The van der Waals surface area contributed by atoms with Crippen molar-refractivity contribution in [3.63, 3.8) is 0 Å². The highest BCUT2D eigenvalue weighted by Crippen LogP contribution is 2.27. The van der Waals surface area contributed by atoms with Crippen molar-refractivity contribution in [3.8, 4) is 6.07 Å². The van der Waals surface area contributed by atoms with Crippen molar-refractivity contribution in [2.75, 3.05) is 32.1 Å². The van der Waals surface area contributed by atoms with E-state index in [-0.39, 0.29) is 12.3 Å². The van der Waals surface area contributed by atoms with Crippen LogP contribution in [0.25, 0.3) is 21.2 Å². The maximum atomic E-state index is 9.25. The van der Waals surface area contributed by atoms with Crippen LogP contribution >= 0.6 is 0 Å². The van der Waals surface area contributed by atoms with E-state index in [0.29, 0.717) is 12.1 Å². The van der Waals surface area contributed by atoms with E-state index in [9.17, 15) is 5.26 Å². The predicted molar refractivity (Wildman–Crippen MR) is 102 cm³/mol. The molecule has 0 fully saturated rings. The number of rotatable bonds is 6. The summed E-state index contributed by atoms with van der Waals surface area (Å²) >= 11 is 0. The molecule has 0 radical (unpaired) electrons. The summed E-state index contributed by atoms with van der Waals surface area (Å²) in [6.07, 6.45) is 3.34. The molecule has 0 heterocycles. The summed E-state index contributed by atoms with van der Waals surface area (Å²) in [5.74, 6) is 0. The second-order valence-electron chi connectivity index (χ2n) is 5.64. The number of nitrogens with zero attached hydrogens (tertiary/aromatic N) is 3. The predicted octanol–water partition coefficient (Wildman–Crippen LogP) is 3.16. The summed E-state index contributed by atoms with van der Waals surface area (Å²) in [7, 11) is 3.99. The van der Waals surface area contributed by atoms with Crippen LogP contribution in [0.3, 0.4) is 0 Å². The minimum absolute atomic E-state index is 0.0154. The summed E-state index contributed by atoms with van der Waals surface area (Å²) < 4.78 is 0. The van der Waals surface area contributed by atoms with Gasteiger partial charge in [-0.25, -0.2) is 10.1 Å². The van der Waals surface area contributed by atoms with E-state index in [1.54, 1.807) is 12.3 Å². The first-order valence-corrected chi connectivity index (χ1v) is 7.85. The van der Waals surface area contributed by atoms with Crippen LogP contribution in [0.2, 0.25) is 0 Å². The van der Waals surface area contributed by atoms with Crippen molar-refractivity contribution in [1.82, 2.24) is 5.32 Å². The second-order valence-corrected chi connectivity index (χ2v) is 5.64. The highest BCUT2D eigenvalue weighted by atomic mass is 16.3. The number of fused-ring (bicyclic) bond motifs is 1. The second kappa shape index (κ2) is 8.54. The maximum absolute atomic E-state index is 9.25. The lowest BCUT2D eigenvalue weighted by atomic mass is 9.99. The molecule has 0 spiro atoms. The first-order chi connectivity index (χ1) is 12.1. The Bertz CT molecular complexity index is 882. The van der Waals surface area contributed by atoms with Crippen molar-refractivity contribution < 1.29 is 5.11 Å². The van der Waals surface area contributed by atoms with Gasteiger partial charge in [0.1, 0.15) is 0 Å². The molecule has 0 aromatic heterocycles. The highest BCUT2D eigenvalue weighted by Gasteiger charge is 2.08. The van der Waals surface area contributed by atoms with Crippen LogP contribution in [-0.4, -0.2) is 32.4 Å². The number of aliphatic hydroxyl groups is 1. The molecule has 2 aromatic rings. The fraction of sp³-hybridized carbons (Fsp3) is 0.200. The molecule has 2 aromatic carbocycles. The average Bonchev–Trinajstić information content (AvgIpc) is 2.63. The van der Waals surface area contributed by atoms with E-state index >= 15 is 0 Å². The molecular weight excluding hydrogens is 312 g/mol. The number of allylic oxidation sites excluding steroid dienone is 3. The lowest BCUT2D eigenvalue weighted by Gasteiger charge is -2.13. The van der Waals surface area contributed by atoms with E-state index < -0.39 is 0 Å². The highest BCUT2D eigenvalue weighted by molar-refractivity contribution is 5.91. The van der Waals surface area contributed by atoms with Crippen LogP contribution in [-0.2, 0) is 0 Å². The van der Waals surface area contributed by atoms with Crippen LogP contribution < -0.4 is 10.2 Å². The molecule has 0 saturated heterocycles. The van der Waals surface area contributed by atoms with Crippen molar-refractivity contribution in [1.29, 1.82) is 5.26 Å². The largest absolute Gasteiger partial charge is 0.395 e. The molecule has 0 atom stereocenters. The SMILES string of the molecule is [C-]#[N+]/C(C#N)=C(/C=C\NCCO)c1ccc2cc(N(C)C)ccc2c1. The fourth-order valence-corrected chi connectivity index (χ4v) is 2.43. The zero-order valence-corrected chi connectivity index (χ0v) is 14.3. The number of nitriles is 1. The Morgan fingerprint density at radius 2 is 2.00 bits per heavy atom. The smallest absolute Gasteiger partial charge is 0.269 e. The number of benzene rings is 2. The van der Waals surface area contributed by atoms with Gasteiger partial charge in [-0.05, 0) is 46.8 Å². The summed E-state index contributed by atoms with van der Waals surface area (Å²) in [6.45, 7) is 7.67. The minimum Gasteiger partial charge on any atom is -0.395 e. The third-order valence-corrected chi connectivity index (χ3v) is 3.75. The summed E-state index contributed by atoms with van der Waals surface area (Å²) in [6, 6.07) is 14.0. The third-order valence-electron chi connectivity index (χ3n) is 3.75. The molecule has 2 N–H and O–H groups in total. The third kappa shape index (κ3) is 4.38. The maximum Gasteiger partial charge on any atom is 0.269 e. The van der Waals surface area contributed by atoms with E-state index in [4.69, 9.17) is 11.7 Å². The molecule has 2 rings (SSSR count). The Balaban J connectivity index is 2.49. The van der Waals surface area contributed by atoms with Crippen molar-refractivity contribution >= 4 is 22.0 Å². The van der Waals surface area contributed by atoms with Gasteiger partial charge in [0, 0.05) is 31.9 Å². The normalized spacial score (nSPS) is 11.7. The molecule has 0 aliphatic carbocycles. The molecular formula is C20H20N4O. The van der Waals surface area contributed by atoms with Gasteiger partial charge in [0.05, 0.1) is 19.2 Å². The Hall–Kier alpha value is -3.28. The number of hydrogen-bond donors (Lipinski definition) is 2. The number of anilines is 1. The zero-order chi connectivity index (χ0) is 18.2. The Labute approximate surface area is 147 Å².